The van der Waals surface area contributed by atoms with Gasteiger partial charge in [0.05, 0.1) is 11.0 Å². The first kappa shape index (κ1) is 19.0. The fourth-order valence-electron chi connectivity index (χ4n) is 3.01. The van der Waals surface area contributed by atoms with E-state index in [1.807, 2.05) is 36.4 Å². The molecule has 0 fully saturated rings. The van der Waals surface area contributed by atoms with Gasteiger partial charge >= 0.3 is 5.97 Å². The van der Waals surface area contributed by atoms with Gasteiger partial charge in [-0.15, -0.1) is 0 Å². The zero-order valence-corrected chi connectivity index (χ0v) is 15.9. The third-order valence-corrected chi connectivity index (χ3v) is 4.48. The minimum absolute atomic E-state index is 0.107. The molecule has 0 unspecified atom stereocenters. The van der Waals surface area contributed by atoms with Gasteiger partial charge in [-0.2, -0.15) is 5.26 Å². The van der Waals surface area contributed by atoms with E-state index in [1.54, 1.807) is 31.2 Å². The molecule has 4 rings (SSSR count). The summed E-state index contributed by atoms with van der Waals surface area (Å²) in [5, 5.41) is 23.8. The minimum atomic E-state index is -0.721. The lowest BCUT2D eigenvalue weighted by atomic mass is 10.1. The molecule has 0 aliphatic heterocycles. The molecule has 0 bridgehead atoms. The number of allylic oxidation sites excluding steroid dienone is 1. The Labute approximate surface area is 171 Å². The van der Waals surface area contributed by atoms with Crippen molar-refractivity contribution < 1.29 is 19.2 Å². The molecular weight excluding hydrogens is 384 g/mol. The molecule has 0 amide bonds. The maximum Gasteiger partial charge on any atom is 0.344 e. The number of esters is 1. The van der Waals surface area contributed by atoms with E-state index in [0.717, 1.165) is 5.52 Å². The zero-order valence-electron chi connectivity index (χ0n) is 15.9. The van der Waals surface area contributed by atoms with Crippen LogP contribution >= 0.6 is 0 Å². The lowest BCUT2D eigenvalue weighted by molar-refractivity contribution is 0.0501. The minimum Gasteiger partial charge on any atom is -0.507 e. The fourth-order valence-corrected chi connectivity index (χ4v) is 3.01. The highest BCUT2D eigenvalue weighted by Crippen LogP contribution is 2.26. The predicted molar refractivity (Wildman–Crippen MR) is 108 cm³/mol. The summed E-state index contributed by atoms with van der Waals surface area (Å²) >= 11 is 0. The van der Waals surface area contributed by atoms with Crippen LogP contribution < -0.4 is 0 Å². The van der Waals surface area contributed by atoms with Gasteiger partial charge < -0.3 is 19.4 Å². The van der Waals surface area contributed by atoms with Gasteiger partial charge in [-0.05, 0) is 19.1 Å². The molecule has 2 aromatic heterocycles. The number of fused-ring (bicyclic) bond motifs is 1. The Balaban J connectivity index is 1.58. The first-order valence-electron chi connectivity index (χ1n) is 9.04. The number of hydrogen-bond donors (Lipinski definition) is 2. The van der Waals surface area contributed by atoms with Gasteiger partial charge in [0.15, 0.2) is 11.6 Å². The number of rotatable bonds is 5. The molecule has 0 aliphatic rings. The fraction of sp³-hybridized carbons (Fsp3) is 0.0909. The summed E-state index contributed by atoms with van der Waals surface area (Å²) in [6.07, 6.45) is 0. The number of aliphatic hydroxyl groups is 1. The molecule has 0 aliphatic carbocycles. The van der Waals surface area contributed by atoms with Crippen molar-refractivity contribution in [3.8, 4) is 17.3 Å². The summed E-state index contributed by atoms with van der Waals surface area (Å²) in [5.41, 5.74) is 2.47. The Bertz CT molecular complexity index is 1260. The van der Waals surface area contributed by atoms with Crippen molar-refractivity contribution in [2.75, 3.05) is 6.61 Å². The van der Waals surface area contributed by atoms with Crippen molar-refractivity contribution in [1.29, 1.82) is 5.26 Å². The van der Waals surface area contributed by atoms with Crippen LogP contribution in [0.25, 0.3) is 27.9 Å². The van der Waals surface area contributed by atoms with E-state index in [9.17, 15) is 15.2 Å². The number of para-hydroxylation sites is 2. The van der Waals surface area contributed by atoms with E-state index in [4.69, 9.17) is 9.26 Å². The molecule has 0 radical (unpaired) electrons. The Morgan fingerprint density at radius 1 is 1.20 bits per heavy atom. The van der Waals surface area contributed by atoms with Crippen LogP contribution in [0.15, 0.2) is 64.9 Å². The van der Waals surface area contributed by atoms with E-state index in [2.05, 4.69) is 15.1 Å². The van der Waals surface area contributed by atoms with Gasteiger partial charge in [-0.25, -0.2) is 9.78 Å². The average molecular weight is 400 g/mol. The van der Waals surface area contributed by atoms with Crippen molar-refractivity contribution in [2.24, 2.45) is 0 Å². The highest BCUT2D eigenvalue weighted by Gasteiger charge is 2.24. The smallest absolute Gasteiger partial charge is 0.344 e. The van der Waals surface area contributed by atoms with E-state index >= 15 is 0 Å². The summed E-state index contributed by atoms with van der Waals surface area (Å²) in [4.78, 5) is 19.9. The molecule has 8 nitrogen and oxygen atoms in total. The Kier molecular flexibility index (Phi) is 5.01. The maximum absolute atomic E-state index is 12.7. The number of aromatic nitrogens is 3. The second kappa shape index (κ2) is 7.93. The maximum atomic E-state index is 12.7. The predicted octanol–water partition coefficient (Wildman–Crippen LogP) is 4.18. The number of benzene rings is 2. The number of aliphatic hydroxyl groups excluding tert-OH is 1. The molecule has 30 heavy (non-hydrogen) atoms. The zero-order chi connectivity index (χ0) is 21.1. The van der Waals surface area contributed by atoms with Gasteiger partial charge in [0, 0.05) is 5.56 Å². The number of aromatic amines is 1. The van der Waals surface area contributed by atoms with Gasteiger partial charge in [-0.1, -0.05) is 47.6 Å². The first-order chi connectivity index (χ1) is 14.6. The topological polar surface area (TPSA) is 125 Å². The number of H-pyrrole nitrogens is 1. The highest BCUT2D eigenvalue weighted by molar-refractivity contribution is 5.97. The third kappa shape index (κ3) is 3.52. The molecule has 4 aromatic rings. The van der Waals surface area contributed by atoms with Crippen molar-refractivity contribution in [3.05, 3.63) is 77.5 Å². The highest BCUT2D eigenvalue weighted by atomic mass is 16.5. The third-order valence-electron chi connectivity index (χ3n) is 4.48. The molecule has 0 saturated carbocycles. The van der Waals surface area contributed by atoms with Crippen LogP contribution in [0.5, 0.6) is 0 Å². The summed E-state index contributed by atoms with van der Waals surface area (Å²) in [6.45, 7) is 1.10. The molecule has 2 heterocycles. The Morgan fingerprint density at radius 3 is 2.67 bits per heavy atom. The molecule has 148 valence electrons. The number of aryl methyl sites for hydroxylation is 1. The van der Waals surface area contributed by atoms with Gasteiger partial charge in [0.1, 0.15) is 35.3 Å². The second-order valence-electron chi connectivity index (χ2n) is 6.44. The van der Waals surface area contributed by atoms with E-state index < -0.39 is 18.3 Å². The van der Waals surface area contributed by atoms with Crippen molar-refractivity contribution in [3.63, 3.8) is 0 Å². The van der Waals surface area contributed by atoms with Gasteiger partial charge in [0.25, 0.3) is 0 Å². The standard InChI is InChI=1S/C22H16N4O4/c1-13-19(20(26-30-13)14-7-3-2-4-8-14)22(28)29-12-18(27)15(11-23)21-24-16-9-5-6-10-17(16)25-21/h2-10,27H,12H2,1H3,(H,24,25). The van der Waals surface area contributed by atoms with Crippen molar-refractivity contribution >= 4 is 22.6 Å². The van der Waals surface area contributed by atoms with Gasteiger partial charge in [0.2, 0.25) is 0 Å². The molecule has 8 heteroatoms. The molecule has 0 atom stereocenters. The monoisotopic (exact) mass is 400 g/mol. The average Bonchev–Trinajstić information content (AvgIpc) is 3.36. The van der Waals surface area contributed by atoms with Crippen LogP contribution in [0.3, 0.4) is 0 Å². The van der Waals surface area contributed by atoms with E-state index in [-0.39, 0.29) is 17.0 Å². The molecule has 2 N–H and O–H groups in total. The van der Waals surface area contributed by atoms with Crippen molar-refractivity contribution in [2.45, 2.75) is 6.92 Å². The number of nitrogens with one attached hydrogen (secondary N) is 1. The lowest BCUT2D eigenvalue weighted by Gasteiger charge is -2.06. The largest absolute Gasteiger partial charge is 0.507 e. The molecule has 2 aromatic carbocycles. The van der Waals surface area contributed by atoms with Crippen LogP contribution in [0.2, 0.25) is 0 Å². The number of ether oxygens (including phenoxy) is 1. The first-order valence-corrected chi connectivity index (χ1v) is 9.04. The number of hydrogen-bond acceptors (Lipinski definition) is 7. The summed E-state index contributed by atoms with van der Waals surface area (Å²) in [5.74, 6) is -0.653. The van der Waals surface area contributed by atoms with E-state index in [1.165, 1.54) is 0 Å². The van der Waals surface area contributed by atoms with Crippen LogP contribution in [0.4, 0.5) is 0 Å². The van der Waals surface area contributed by atoms with Crippen LogP contribution in [0.1, 0.15) is 21.9 Å². The normalized spacial score (nSPS) is 11.7. The molecule has 0 spiro atoms. The molecule has 0 saturated heterocycles. The Morgan fingerprint density at radius 2 is 1.93 bits per heavy atom. The second-order valence-corrected chi connectivity index (χ2v) is 6.44. The summed E-state index contributed by atoms with van der Waals surface area (Å²) in [6, 6.07) is 18.2. The lowest BCUT2D eigenvalue weighted by Crippen LogP contribution is -2.11. The number of nitriles is 1. The SMILES string of the molecule is Cc1onc(-c2ccccc2)c1C(=O)OCC(O)=C(C#N)c1nc2ccccc2[nH]1. The number of carbonyl (C=O) groups excluding carboxylic acids is 1. The number of imidazole rings is 1. The number of carbonyl (C=O) groups is 1. The summed E-state index contributed by atoms with van der Waals surface area (Å²) < 4.78 is 10.4. The van der Waals surface area contributed by atoms with Crippen LogP contribution in [-0.2, 0) is 4.74 Å². The van der Waals surface area contributed by atoms with E-state index in [0.29, 0.717) is 22.5 Å². The molecular formula is C22H16N4O4. The number of nitrogens with zero attached hydrogens (tertiary/aromatic N) is 3. The summed E-state index contributed by atoms with van der Waals surface area (Å²) in [7, 11) is 0. The van der Waals surface area contributed by atoms with Crippen molar-refractivity contribution in [1.82, 2.24) is 15.1 Å². The quantitative estimate of drug-likeness (QED) is 0.292. The van der Waals surface area contributed by atoms with Gasteiger partial charge in [-0.3, -0.25) is 0 Å². The Hall–Kier alpha value is -4.38. The van der Waals surface area contributed by atoms with Crippen LogP contribution in [0, 0.1) is 18.3 Å². The van der Waals surface area contributed by atoms with Crippen LogP contribution in [-0.4, -0.2) is 32.8 Å².